The van der Waals surface area contributed by atoms with Crippen LogP contribution in [0.3, 0.4) is 0 Å². The molecule has 9 heteroatoms. The maximum Gasteiger partial charge on any atom is 0.331 e. The van der Waals surface area contributed by atoms with Gasteiger partial charge in [0.25, 0.3) is 5.91 Å². The molecule has 0 fully saturated rings. The summed E-state index contributed by atoms with van der Waals surface area (Å²) in [5.41, 5.74) is 5.40. The summed E-state index contributed by atoms with van der Waals surface area (Å²) in [7, 11) is 0. The molecule has 1 aliphatic carbocycles. The van der Waals surface area contributed by atoms with Crippen LogP contribution in [0, 0.1) is 0 Å². The molecule has 1 aliphatic rings. The van der Waals surface area contributed by atoms with Crippen molar-refractivity contribution >= 4 is 57.6 Å². The zero-order valence-electron chi connectivity index (χ0n) is 20.0. The number of aryl methyl sites for hydroxylation is 2. The van der Waals surface area contributed by atoms with Gasteiger partial charge in [0.15, 0.2) is 5.13 Å². The number of nitrogens with zero attached hydrogens (tertiary/aromatic N) is 1. The second kappa shape index (κ2) is 11.6. The molecule has 2 N–H and O–H groups in total. The van der Waals surface area contributed by atoms with Gasteiger partial charge in [-0.1, -0.05) is 41.4 Å². The van der Waals surface area contributed by atoms with Crippen molar-refractivity contribution in [3.63, 3.8) is 0 Å². The summed E-state index contributed by atoms with van der Waals surface area (Å²) in [6.45, 7) is 4.93. The van der Waals surface area contributed by atoms with E-state index in [-0.39, 0.29) is 27.1 Å². The third kappa shape index (κ3) is 5.81. The highest BCUT2D eigenvalue weighted by molar-refractivity contribution is 7.16. The lowest BCUT2D eigenvalue weighted by Crippen LogP contribution is -2.12. The van der Waals surface area contributed by atoms with Crippen molar-refractivity contribution in [2.75, 3.05) is 18.5 Å². The molecule has 0 radical (unpaired) electrons. The van der Waals surface area contributed by atoms with Crippen molar-refractivity contribution in [1.29, 1.82) is 0 Å². The zero-order chi connectivity index (χ0) is 25.8. The topological polar surface area (TPSA) is 88.5 Å². The number of aromatic nitrogens is 1. The average Bonchev–Trinajstić information content (AvgIpc) is 3.26. The largest absolute Gasteiger partial charge is 0.478 e. The summed E-state index contributed by atoms with van der Waals surface area (Å²) in [5, 5.41) is 12.9. The Morgan fingerprint density at radius 2 is 1.97 bits per heavy atom. The molecular formula is C27H26Cl2N2O4S. The van der Waals surface area contributed by atoms with Crippen molar-refractivity contribution in [2.45, 2.75) is 39.5 Å². The third-order valence-corrected chi connectivity index (χ3v) is 7.68. The van der Waals surface area contributed by atoms with Gasteiger partial charge in [0, 0.05) is 40.4 Å². The molecule has 4 rings (SSSR count). The minimum absolute atomic E-state index is 0.0853. The molecule has 3 aromatic rings. The fourth-order valence-electron chi connectivity index (χ4n) is 4.22. The van der Waals surface area contributed by atoms with E-state index >= 15 is 0 Å². The van der Waals surface area contributed by atoms with Crippen molar-refractivity contribution in [2.24, 2.45) is 0 Å². The lowest BCUT2D eigenvalue weighted by atomic mass is 9.88. The van der Waals surface area contributed by atoms with Gasteiger partial charge in [-0.3, -0.25) is 10.1 Å². The van der Waals surface area contributed by atoms with Crippen LogP contribution in [0.25, 0.3) is 17.3 Å². The number of rotatable bonds is 9. The first kappa shape index (κ1) is 26.4. The first-order chi connectivity index (χ1) is 17.3. The Balaban J connectivity index is 1.54. The molecule has 1 aromatic heterocycles. The molecule has 6 nitrogen and oxygen atoms in total. The monoisotopic (exact) mass is 544 g/mol. The molecule has 0 atom stereocenters. The maximum atomic E-state index is 13.0. The Hall–Kier alpha value is -2.71. The predicted octanol–water partition coefficient (Wildman–Crippen LogP) is 6.92. The van der Waals surface area contributed by atoms with Crippen LogP contribution in [0.1, 0.15) is 52.2 Å². The van der Waals surface area contributed by atoms with E-state index in [9.17, 15) is 9.59 Å². The number of thiazole rings is 1. The Bertz CT molecular complexity index is 1330. The van der Waals surface area contributed by atoms with Gasteiger partial charge in [-0.05, 0) is 68.9 Å². The zero-order valence-corrected chi connectivity index (χ0v) is 22.3. The van der Waals surface area contributed by atoms with E-state index in [4.69, 9.17) is 38.0 Å². The highest BCUT2D eigenvalue weighted by Gasteiger charge is 2.24. The van der Waals surface area contributed by atoms with Gasteiger partial charge < -0.3 is 9.84 Å². The molecule has 188 valence electrons. The van der Waals surface area contributed by atoms with Gasteiger partial charge in [0.2, 0.25) is 0 Å². The summed E-state index contributed by atoms with van der Waals surface area (Å²) < 4.78 is 5.49. The van der Waals surface area contributed by atoms with E-state index in [1.165, 1.54) is 47.6 Å². The molecule has 1 heterocycles. The minimum Gasteiger partial charge on any atom is -0.478 e. The molecule has 0 saturated carbocycles. The molecule has 0 unspecified atom stereocenters. The molecule has 36 heavy (non-hydrogen) atoms. The Morgan fingerprint density at radius 1 is 1.22 bits per heavy atom. The number of amides is 1. The van der Waals surface area contributed by atoms with E-state index in [0.717, 1.165) is 55.0 Å². The smallest absolute Gasteiger partial charge is 0.331 e. The van der Waals surface area contributed by atoms with Crippen LogP contribution in [0.4, 0.5) is 5.13 Å². The first-order valence-corrected chi connectivity index (χ1v) is 13.3. The molecule has 0 bridgehead atoms. The lowest BCUT2D eigenvalue weighted by molar-refractivity contribution is -0.132. The van der Waals surface area contributed by atoms with Gasteiger partial charge >= 0.3 is 5.97 Å². The summed E-state index contributed by atoms with van der Waals surface area (Å²) in [6.07, 6.45) is 5.14. The summed E-state index contributed by atoms with van der Waals surface area (Å²) in [4.78, 5) is 30.0. The number of hydrogen-bond donors (Lipinski definition) is 2. The van der Waals surface area contributed by atoms with E-state index in [2.05, 4.69) is 23.5 Å². The number of carbonyl (C=O) groups excluding carboxylic acids is 1. The number of benzene rings is 2. The van der Waals surface area contributed by atoms with E-state index in [1.807, 2.05) is 6.92 Å². The summed E-state index contributed by atoms with van der Waals surface area (Å²) in [6, 6.07) is 9.28. The molecule has 0 saturated heterocycles. The fourth-order valence-corrected chi connectivity index (χ4v) is 5.79. The van der Waals surface area contributed by atoms with Crippen LogP contribution >= 0.6 is 34.5 Å². The second-order valence-corrected chi connectivity index (χ2v) is 10.4. The Labute approximate surface area is 223 Å². The molecular weight excluding hydrogens is 519 g/mol. The molecule has 0 spiro atoms. The highest BCUT2D eigenvalue weighted by atomic mass is 35.5. The van der Waals surface area contributed by atoms with Gasteiger partial charge in [0.1, 0.15) is 0 Å². The van der Waals surface area contributed by atoms with Crippen molar-refractivity contribution < 1.29 is 19.4 Å². The lowest BCUT2D eigenvalue weighted by Gasteiger charge is -2.18. The van der Waals surface area contributed by atoms with E-state index in [0.29, 0.717) is 10.7 Å². The first-order valence-electron chi connectivity index (χ1n) is 11.7. The SMILES string of the molecule is CCOCCCc1cccc2c1CCc1sc(NC(=O)c3cc(Cl)c(C=C(C)C(=O)O)c(Cl)c3)nc1-2. The molecule has 0 aliphatic heterocycles. The van der Waals surface area contributed by atoms with Crippen molar-refractivity contribution in [1.82, 2.24) is 4.98 Å². The second-order valence-electron chi connectivity index (χ2n) is 8.47. The number of anilines is 1. The van der Waals surface area contributed by atoms with Crippen LogP contribution in [0.15, 0.2) is 35.9 Å². The van der Waals surface area contributed by atoms with Crippen LogP contribution in [-0.2, 0) is 28.8 Å². The number of carboxylic acid groups (broad SMARTS) is 1. The Kier molecular flexibility index (Phi) is 8.46. The van der Waals surface area contributed by atoms with Gasteiger partial charge in [0.05, 0.1) is 15.7 Å². The summed E-state index contributed by atoms with van der Waals surface area (Å²) in [5.74, 6) is -1.46. The molecule has 2 aromatic carbocycles. The normalized spacial score (nSPS) is 12.7. The number of aliphatic carboxylic acids is 1. The number of carbonyl (C=O) groups is 2. The number of halogens is 2. The van der Waals surface area contributed by atoms with Crippen LogP contribution in [-0.4, -0.2) is 35.2 Å². The van der Waals surface area contributed by atoms with Crippen LogP contribution in [0.5, 0.6) is 0 Å². The summed E-state index contributed by atoms with van der Waals surface area (Å²) >= 11 is 14.1. The standard InChI is InChI=1S/C27H26Cl2N2O4S/c1-3-35-11-5-7-16-6-4-8-19-18(16)9-10-23-24(19)30-27(36-23)31-25(32)17-13-21(28)20(22(29)14-17)12-15(2)26(33)34/h4,6,8,12-14H,3,5,7,9-11H2,1-2H3,(H,33,34)(H,30,31,32). The molecule has 1 amide bonds. The number of hydrogen-bond acceptors (Lipinski definition) is 5. The predicted molar refractivity (Wildman–Crippen MR) is 145 cm³/mol. The highest BCUT2D eigenvalue weighted by Crippen LogP contribution is 2.40. The Morgan fingerprint density at radius 3 is 2.67 bits per heavy atom. The van der Waals surface area contributed by atoms with E-state index in [1.54, 1.807) is 0 Å². The van der Waals surface area contributed by atoms with E-state index < -0.39 is 5.97 Å². The van der Waals surface area contributed by atoms with Crippen molar-refractivity contribution in [3.8, 4) is 11.3 Å². The number of fused-ring (bicyclic) bond motifs is 3. The van der Waals surface area contributed by atoms with Gasteiger partial charge in [-0.25, -0.2) is 9.78 Å². The minimum atomic E-state index is -1.07. The quantitative estimate of drug-likeness (QED) is 0.225. The van der Waals surface area contributed by atoms with Gasteiger partial charge in [-0.2, -0.15) is 0 Å². The maximum absolute atomic E-state index is 13.0. The number of carboxylic acids is 1. The average molecular weight is 545 g/mol. The number of ether oxygens (including phenoxy) is 1. The van der Waals surface area contributed by atoms with Gasteiger partial charge in [-0.15, -0.1) is 11.3 Å². The third-order valence-electron chi connectivity index (χ3n) is 6.03. The fraction of sp³-hybridized carbons (Fsp3) is 0.296. The van der Waals surface area contributed by atoms with Crippen LogP contribution in [0.2, 0.25) is 10.0 Å². The van der Waals surface area contributed by atoms with Crippen molar-refractivity contribution in [3.05, 3.63) is 73.1 Å². The number of nitrogens with one attached hydrogen (secondary N) is 1. The van der Waals surface area contributed by atoms with Crippen LogP contribution < -0.4 is 5.32 Å².